The van der Waals surface area contributed by atoms with Crippen LogP contribution in [0, 0.1) is 0 Å². The van der Waals surface area contributed by atoms with Crippen LogP contribution in [0.3, 0.4) is 0 Å². The van der Waals surface area contributed by atoms with Gasteiger partial charge in [-0.1, -0.05) is 29.9 Å². The number of anilines is 1. The Balaban J connectivity index is 1.91. The molecular formula is C18H15ClF3N5OS. The number of amides is 1. The van der Waals surface area contributed by atoms with Gasteiger partial charge in [-0.3, -0.25) is 9.78 Å². The van der Waals surface area contributed by atoms with Crippen LogP contribution < -0.4 is 11.1 Å². The molecule has 1 aliphatic heterocycles. The molecule has 0 radical (unpaired) electrons. The molecule has 0 unspecified atom stereocenters. The molecule has 3 N–H and O–H groups in total. The lowest BCUT2D eigenvalue weighted by atomic mass is 9.93. The molecule has 29 heavy (non-hydrogen) atoms. The van der Waals surface area contributed by atoms with E-state index in [0.717, 1.165) is 11.1 Å². The zero-order valence-corrected chi connectivity index (χ0v) is 16.6. The van der Waals surface area contributed by atoms with E-state index in [9.17, 15) is 18.0 Å². The standard InChI is InChI=1S/C18H15ClF3N5OS/c1-9-7-17(2,27-16(23)29-9)13-6-11(3-4-24-13)26-15(28)14-12(18(20,21)22)5-10(19)8-25-14/h3-6,8H,1,7H2,2H3,(H2,23,27)(H,24,26,28)/t17-/m0/s1. The SMILES string of the molecule is C=C1C[C@@](C)(c2cc(NC(=O)c3ncc(Cl)cc3C(F)(F)F)ccn2)N=C(N)S1. The molecule has 0 fully saturated rings. The van der Waals surface area contributed by atoms with Gasteiger partial charge in [0.05, 0.1) is 16.3 Å². The van der Waals surface area contributed by atoms with Crippen LogP contribution in [-0.2, 0) is 11.7 Å². The molecule has 152 valence electrons. The van der Waals surface area contributed by atoms with E-state index in [1.165, 1.54) is 30.1 Å². The van der Waals surface area contributed by atoms with Crippen molar-refractivity contribution in [3.63, 3.8) is 0 Å². The number of halogens is 4. The van der Waals surface area contributed by atoms with Crippen LogP contribution in [0.5, 0.6) is 0 Å². The monoisotopic (exact) mass is 441 g/mol. The predicted molar refractivity (Wildman–Crippen MR) is 107 cm³/mol. The minimum absolute atomic E-state index is 0.223. The Morgan fingerprint density at radius 3 is 2.76 bits per heavy atom. The smallest absolute Gasteiger partial charge is 0.378 e. The topological polar surface area (TPSA) is 93.3 Å². The zero-order chi connectivity index (χ0) is 21.4. The quantitative estimate of drug-likeness (QED) is 0.727. The molecular weight excluding hydrogens is 427 g/mol. The maximum atomic E-state index is 13.2. The molecule has 3 rings (SSSR count). The molecule has 0 spiro atoms. The van der Waals surface area contributed by atoms with E-state index in [1.54, 1.807) is 6.92 Å². The molecule has 6 nitrogen and oxygen atoms in total. The third kappa shape index (κ3) is 4.70. The average molecular weight is 442 g/mol. The number of nitrogens with one attached hydrogen (secondary N) is 1. The third-order valence-corrected chi connectivity index (χ3v) is 5.03. The van der Waals surface area contributed by atoms with Gasteiger partial charge in [-0.2, -0.15) is 13.2 Å². The Labute approximate surface area is 173 Å². The summed E-state index contributed by atoms with van der Waals surface area (Å²) in [6.45, 7) is 5.72. The average Bonchev–Trinajstić information content (AvgIpc) is 2.60. The fraction of sp³-hybridized carbons (Fsp3) is 0.222. The van der Waals surface area contributed by atoms with Crippen LogP contribution in [0.25, 0.3) is 0 Å². The van der Waals surface area contributed by atoms with Crippen molar-refractivity contribution in [2.75, 3.05) is 5.32 Å². The Bertz CT molecular complexity index is 1030. The number of amidine groups is 1. The van der Waals surface area contributed by atoms with E-state index >= 15 is 0 Å². The second kappa shape index (κ2) is 7.68. The Morgan fingerprint density at radius 1 is 1.38 bits per heavy atom. The summed E-state index contributed by atoms with van der Waals surface area (Å²) < 4.78 is 39.7. The Kier molecular flexibility index (Phi) is 5.59. The number of carbonyl (C=O) groups is 1. The van der Waals surface area contributed by atoms with E-state index < -0.39 is 28.9 Å². The zero-order valence-electron chi connectivity index (χ0n) is 15.0. The van der Waals surface area contributed by atoms with Gasteiger partial charge in [0.25, 0.3) is 5.91 Å². The highest BCUT2D eigenvalue weighted by Gasteiger charge is 2.37. The molecule has 1 atom stereocenters. The highest BCUT2D eigenvalue weighted by molar-refractivity contribution is 8.17. The van der Waals surface area contributed by atoms with Crippen LogP contribution in [0.15, 0.2) is 47.1 Å². The van der Waals surface area contributed by atoms with E-state index in [1.807, 2.05) is 0 Å². The first-order valence-corrected chi connectivity index (χ1v) is 9.39. The fourth-order valence-corrected chi connectivity index (χ4v) is 3.90. The van der Waals surface area contributed by atoms with Gasteiger partial charge in [0.1, 0.15) is 11.2 Å². The molecule has 0 bridgehead atoms. The first kappa shape index (κ1) is 21.1. The van der Waals surface area contributed by atoms with Crippen molar-refractivity contribution in [3.05, 3.63) is 64.1 Å². The summed E-state index contributed by atoms with van der Waals surface area (Å²) >= 11 is 6.87. The van der Waals surface area contributed by atoms with Crippen molar-refractivity contribution in [1.82, 2.24) is 9.97 Å². The third-order valence-electron chi connectivity index (χ3n) is 4.09. The molecule has 0 saturated heterocycles. The van der Waals surface area contributed by atoms with Crippen LogP contribution in [-0.4, -0.2) is 21.0 Å². The van der Waals surface area contributed by atoms with Gasteiger partial charge in [0.2, 0.25) is 0 Å². The van der Waals surface area contributed by atoms with Crippen molar-refractivity contribution in [2.45, 2.75) is 25.1 Å². The van der Waals surface area contributed by atoms with E-state index in [0.29, 0.717) is 23.3 Å². The predicted octanol–water partition coefficient (Wildman–Crippen LogP) is 4.58. The van der Waals surface area contributed by atoms with Gasteiger partial charge in [0.15, 0.2) is 5.17 Å². The normalized spacial score (nSPS) is 19.6. The number of hydrogen-bond acceptors (Lipinski definition) is 6. The molecule has 0 saturated carbocycles. The van der Waals surface area contributed by atoms with Gasteiger partial charge < -0.3 is 11.1 Å². The summed E-state index contributed by atoms with van der Waals surface area (Å²) in [6, 6.07) is 3.64. The second-order valence-corrected chi connectivity index (χ2v) is 8.11. The number of aliphatic imine (C=N–C) groups is 1. The van der Waals surface area contributed by atoms with Crippen molar-refractivity contribution in [3.8, 4) is 0 Å². The lowest BCUT2D eigenvalue weighted by Gasteiger charge is -2.30. The number of nitrogens with two attached hydrogens (primary N) is 1. The van der Waals surface area contributed by atoms with Crippen molar-refractivity contribution in [2.24, 2.45) is 10.7 Å². The highest BCUT2D eigenvalue weighted by atomic mass is 35.5. The van der Waals surface area contributed by atoms with Gasteiger partial charge in [-0.05, 0) is 30.0 Å². The summed E-state index contributed by atoms with van der Waals surface area (Å²) in [5.41, 5.74) is 3.75. The van der Waals surface area contributed by atoms with E-state index in [-0.39, 0.29) is 10.7 Å². The van der Waals surface area contributed by atoms with Crippen LogP contribution in [0.4, 0.5) is 18.9 Å². The number of hydrogen-bond donors (Lipinski definition) is 2. The lowest BCUT2D eigenvalue weighted by Crippen LogP contribution is -2.29. The maximum absolute atomic E-state index is 13.2. The summed E-state index contributed by atoms with van der Waals surface area (Å²) in [6.07, 6.45) is -1.91. The van der Waals surface area contributed by atoms with Crippen molar-refractivity contribution < 1.29 is 18.0 Å². The molecule has 1 aliphatic rings. The van der Waals surface area contributed by atoms with Crippen molar-refractivity contribution in [1.29, 1.82) is 0 Å². The number of aromatic nitrogens is 2. The van der Waals surface area contributed by atoms with Gasteiger partial charge in [-0.25, -0.2) is 9.98 Å². The lowest BCUT2D eigenvalue weighted by molar-refractivity contribution is -0.138. The van der Waals surface area contributed by atoms with Gasteiger partial charge in [0, 0.05) is 24.5 Å². The number of nitrogens with zero attached hydrogens (tertiary/aromatic N) is 3. The number of alkyl halides is 3. The van der Waals surface area contributed by atoms with Crippen LogP contribution in [0.2, 0.25) is 5.02 Å². The molecule has 0 aromatic carbocycles. The van der Waals surface area contributed by atoms with E-state index in [2.05, 4.69) is 26.9 Å². The first-order chi connectivity index (χ1) is 13.5. The molecule has 3 heterocycles. The van der Waals surface area contributed by atoms with Crippen LogP contribution >= 0.6 is 23.4 Å². The minimum Gasteiger partial charge on any atom is -0.378 e. The molecule has 0 aliphatic carbocycles. The Hall–Kier alpha value is -2.59. The number of thioether (sulfide) groups is 1. The summed E-state index contributed by atoms with van der Waals surface area (Å²) in [5, 5.41) is 2.53. The Morgan fingerprint density at radius 2 is 2.10 bits per heavy atom. The summed E-state index contributed by atoms with van der Waals surface area (Å²) in [4.78, 5) is 25.5. The number of carbonyl (C=O) groups excluding carboxylic acids is 1. The van der Waals surface area contributed by atoms with Gasteiger partial charge in [-0.15, -0.1) is 0 Å². The van der Waals surface area contributed by atoms with Crippen molar-refractivity contribution >= 4 is 40.1 Å². The molecule has 11 heteroatoms. The fourth-order valence-electron chi connectivity index (χ4n) is 2.85. The van der Waals surface area contributed by atoms with Gasteiger partial charge >= 0.3 is 6.18 Å². The molecule has 2 aromatic heterocycles. The minimum atomic E-state index is -4.78. The number of rotatable bonds is 3. The maximum Gasteiger partial charge on any atom is 0.418 e. The number of pyridine rings is 2. The molecule has 2 aromatic rings. The highest BCUT2D eigenvalue weighted by Crippen LogP contribution is 2.40. The molecule has 1 amide bonds. The largest absolute Gasteiger partial charge is 0.418 e. The summed E-state index contributed by atoms with van der Waals surface area (Å²) in [5.74, 6) is -1.03. The summed E-state index contributed by atoms with van der Waals surface area (Å²) in [7, 11) is 0. The second-order valence-electron chi connectivity index (χ2n) is 6.47. The van der Waals surface area contributed by atoms with Crippen LogP contribution in [0.1, 0.15) is 35.1 Å². The van der Waals surface area contributed by atoms with E-state index in [4.69, 9.17) is 17.3 Å². The first-order valence-electron chi connectivity index (χ1n) is 8.19.